The molecule has 16 heavy (non-hydrogen) atoms. The highest BCUT2D eigenvalue weighted by Gasteiger charge is 2.08. The van der Waals surface area contributed by atoms with Gasteiger partial charge in [-0.05, 0) is 29.5 Å². The van der Waals surface area contributed by atoms with Crippen LogP contribution in [0.15, 0.2) is 15.6 Å². The van der Waals surface area contributed by atoms with E-state index in [4.69, 9.17) is 4.52 Å². The minimum Gasteiger partial charge on any atom is -0.340 e. The molecule has 2 heterocycles. The van der Waals surface area contributed by atoms with Gasteiger partial charge in [-0.2, -0.15) is 4.98 Å². The Morgan fingerprint density at radius 2 is 2.25 bits per heavy atom. The van der Waals surface area contributed by atoms with Crippen molar-refractivity contribution in [1.29, 1.82) is 0 Å². The predicted molar refractivity (Wildman–Crippen MR) is 64.1 cm³/mol. The molecule has 0 atom stereocenters. The van der Waals surface area contributed by atoms with Gasteiger partial charge in [0.1, 0.15) is 0 Å². The SMILES string of the molecule is Cc1nc(Cn2cnc(C)c(I)c2=O)no1. The first-order valence-electron chi connectivity index (χ1n) is 4.58. The Bertz CT molecular complexity index is 575. The third-order valence-electron chi connectivity index (χ3n) is 2.04. The van der Waals surface area contributed by atoms with Crippen LogP contribution in [-0.2, 0) is 6.54 Å². The van der Waals surface area contributed by atoms with E-state index in [-0.39, 0.29) is 12.1 Å². The van der Waals surface area contributed by atoms with Crippen molar-refractivity contribution in [1.82, 2.24) is 19.7 Å². The van der Waals surface area contributed by atoms with Gasteiger partial charge in [-0.25, -0.2) is 4.98 Å². The van der Waals surface area contributed by atoms with Crippen LogP contribution in [0.3, 0.4) is 0 Å². The number of hydrogen-bond donors (Lipinski definition) is 0. The van der Waals surface area contributed by atoms with Crippen LogP contribution in [-0.4, -0.2) is 19.7 Å². The highest BCUT2D eigenvalue weighted by molar-refractivity contribution is 14.1. The molecule has 2 aromatic heterocycles. The van der Waals surface area contributed by atoms with Gasteiger partial charge in [-0.1, -0.05) is 5.16 Å². The van der Waals surface area contributed by atoms with Gasteiger partial charge >= 0.3 is 0 Å². The van der Waals surface area contributed by atoms with Crippen molar-refractivity contribution < 1.29 is 4.52 Å². The Kier molecular flexibility index (Phi) is 3.03. The minimum absolute atomic E-state index is 0.0875. The lowest BCUT2D eigenvalue weighted by atomic mass is 10.4. The van der Waals surface area contributed by atoms with Gasteiger partial charge < -0.3 is 4.52 Å². The Labute approximate surface area is 105 Å². The lowest BCUT2D eigenvalue weighted by Gasteiger charge is -2.03. The van der Waals surface area contributed by atoms with Gasteiger partial charge in [0.2, 0.25) is 5.89 Å². The molecule has 0 aliphatic heterocycles. The molecular formula is C9H9IN4O2. The molecule has 0 N–H and O–H groups in total. The smallest absolute Gasteiger partial charge is 0.267 e. The summed E-state index contributed by atoms with van der Waals surface area (Å²) in [4.78, 5) is 20.0. The van der Waals surface area contributed by atoms with E-state index in [2.05, 4.69) is 15.1 Å². The third kappa shape index (κ3) is 2.13. The van der Waals surface area contributed by atoms with Crippen molar-refractivity contribution in [3.8, 4) is 0 Å². The van der Waals surface area contributed by atoms with Crippen molar-refractivity contribution in [3.05, 3.63) is 37.7 Å². The summed E-state index contributed by atoms with van der Waals surface area (Å²) in [6.45, 7) is 3.78. The Balaban J connectivity index is 2.36. The zero-order valence-electron chi connectivity index (χ0n) is 8.77. The second-order valence-electron chi connectivity index (χ2n) is 3.31. The van der Waals surface area contributed by atoms with Crippen molar-refractivity contribution in [2.45, 2.75) is 20.4 Å². The number of aromatic nitrogens is 4. The van der Waals surface area contributed by atoms with Crippen LogP contribution < -0.4 is 5.56 Å². The first kappa shape index (κ1) is 11.2. The Morgan fingerprint density at radius 3 is 2.88 bits per heavy atom. The normalized spacial score (nSPS) is 10.7. The highest BCUT2D eigenvalue weighted by Crippen LogP contribution is 2.02. The summed E-state index contributed by atoms with van der Waals surface area (Å²) in [5, 5.41) is 3.73. The van der Waals surface area contributed by atoms with Crippen LogP contribution in [0.2, 0.25) is 0 Å². The van der Waals surface area contributed by atoms with Gasteiger partial charge in [0.15, 0.2) is 5.82 Å². The Hall–Kier alpha value is -1.25. The summed E-state index contributed by atoms with van der Waals surface area (Å²) in [5.41, 5.74) is 0.640. The van der Waals surface area contributed by atoms with Gasteiger partial charge in [-0.15, -0.1) is 0 Å². The fourth-order valence-electron chi connectivity index (χ4n) is 1.22. The first-order valence-corrected chi connectivity index (χ1v) is 5.66. The molecule has 7 heteroatoms. The van der Waals surface area contributed by atoms with Crippen LogP contribution in [0.25, 0.3) is 0 Å². The van der Waals surface area contributed by atoms with Gasteiger partial charge in [-0.3, -0.25) is 9.36 Å². The molecule has 0 aliphatic carbocycles. The molecule has 0 saturated heterocycles. The van der Waals surface area contributed by atoms with Crippen molar-refractivity contribution in [2.75, 3.05) is 0 Å². The molecule has 0 amide bonds. The molecular weight excluding hydrogens is 323 g/mol. The second-order valence-corrected chi connectivity index (χ2v) is 4.39. The van der Waals surface area contributed by atoms with E-state index in [9.17, 15) is 4.79 Å². The zero-order valence-corrected chi connectivity index (χ0v) is 10.9. The third-order valence-corrected chi connectivity index (χ3v) is 3.28. The molecule has 0 aromatic carbocycles. The summed E-state index contributed by atoms with van der Waals surface area (Å²) in [6.07, 6.45) is 1.49. The summed E-state index contributed by atoms with van der Waals surface area (Å²) >= 11 is 1.98. The van der Waals surface area contributed by atoms with E-state index in [1.54, 1.807) is 13.8 Å². The molecule has 0 fully saturated rings. The maximum Gasteiger partial charge on any atom is 0.267 e. The van der Waals surface area contributed by atoms with E-state index < -0.39 is 0 Å². The topological polar surface area (TPSA) is 73.8 Å². The summed E-state index contributed by atoms with van der Waals surface area (Å²) < 4.78 is 6.90. The largest absolute Gasteiger partial charge is 0.340 e. The van der Waals surface area contributed by atoms with E-state index in [1.165, 1.54) is 10.9 Å². The van der Waals surface area contributed by atoms with Crippen LogP contribution in [0.5, 0.6) is 0 Å². The monoisotopic (exact) mass is 332 g/mol. The average Bonchev–Trinajstić information content (AvgIpc) is 2.65. The molecule has 0 radical (unpaired) electrons. The number of rotatable bonds is 2. The van der Waals surface area contributed by atoms with Gasteiger partial charge in [0.25, 0.3) is 5.56 Å². The lowest BCUT2D eigenvalue weighted by Crippen LogP contribution is -2.24. The second kappa shape index (κ2) is 4.32. The van der Waals surface area contributed by atoms with Crippen molar-refractivity contribution in [2.24, 2.45) is 0 Å². The van der Waals surface area contributed by atoms with Crippen LogP contribution in [0, 0.1) is 17.4 Å². The van der Waals surface area contributed by atoms with E-state index in [1.807, 2.05) is 22.6 Å². The lowest BCUT2D eigenvalue weighted by molar-refractivity contribution is 0.385. The fraction of sp³-hybridized carbons (Fsp3) is 0.333. The average molecular weight is 332 g/mol. The van der Waals surface area contributed by atoms with Crippen molar-refractivity contribution in [3.63, 3.8) is 0 Å². The maximum atomic E-state index is 11.8. The number of halogens is 1. The summed E-state index contributed by atoms with van der Waals surface area (Å²) in [5.74, 6) is 0.957. The van der Waals surface area contributed by atoms with Gasteiger partial charge in [0, 0.05) is 6.92 Å². The molecule has 6 nitrogen and oxygen atoms in total. The fourth-order valence-corrected chi connectivity index (χ4v) is 1.67. The molecule has 2 rings (SSSR count). The Morgan fingerprint density at radius 1 is 1.50 bits per heavy atom. The molecule has 2 aromatic rings. The molecule has 0 unspecified atom stereocenters. The number of aryl methyl sites for hydroxylation is 2. The number of nitrogens with zero attached hydrogens (tertiary/aromatic N) is 4. The maximum absolute atomic E-state index is 11.8. The molecule has 84 valence electrons. The van der Waals surface area contributed by atoms with E-state index >= 15 is 0 Å². The quantitative estimate of drug-likeness (QED) is 0.764. The summed E-state index contributed by atoms with van der Waals surface area (Å²) in [6, 6.07) is 0. The molecule has 0 aliphatic rings. The zero-order chi connectivity index (χ0) is 11.7. The molecule has 0 bridgehead atoms. The first-order chi connectivity index (χ1) is 7.58. The van der Waals surface area contributed by atoms with E-state index in [0.717, 1.165) is 5.69 Å². The van der Waals surface area contributed by atoms with Crippen LogP contribution in [0.1, 0.15) is 17.4 Å². The summed E-state index contributed by atoms with van der Waals surface area (Å²) in [7, 11) is 0. The molecule has 0 saturated carbocycles. The molecule has 0 spiro atoms. The highest BCUT2D eigenvalue weighted by atomic mass is 127. The van der Waals surface area contributed by atoms with Crippen LogP contribution >= 0.6 is 22.6 Å². The van der Waals surface area contributed by atoms with E-state index in [0.29, 0.717) is 15.3 Å². The minimum atomic E-state index is -0.0875. The number of hydrogen-bond acceptors (Lipinski definition) is 5. The van der Waals surface area contributed by atoms with Gasteiger partial charge in [0.05, 0.1) is 22.1 Å². The van der Waals surface area contributed by atoms with Crippen molar-refractivity contribution >= 4 is 22.6 Å². The predicted octanol–water partition coefficient (Wildman–Crippen LogP) is 0.896. The standard InChI is InChI=1S/C9H9IN4O2/c1-5-8(10)9(15)14(4-11-5)3-7-12-6(2)16-13-7/h4H,3H2,1-2H3. The van der Waals surface area contributed by atoms with Crippen LogP contribution in [0.4, 0.5) is 0 Å².